The molecule has 3 aromatic heterocycles. The van der Waals surface area contributed by atoms with Crippen LogP contribution in [0.2, 0.25) is 0 Å². The van der Waals surface area contributed by atoms with Gasteiger partial charge in [0.2, 0.25) is 0 Å². The molecule has 5 heterocycles. The van der Waals surface area contributed by atoms with E-state index in [9.17, 15) is 9.59 Å². The summed E-state index contributed by atoms with van der Waals surface area (Å²) >= 11 is 0. The fraction of sp³-hybridized carbons (Fsp3) is 0.421. The average Bonchev–Trinajstić information content (AvgIpc) is 3.38. The van der Waals surface area contributed by atoms with Crippen molar-refractivity contribution in [1.82, 2.24) is 29.8 Å². The largest absolute Gasteiger partial charge is 0.357 e. The predicted octanol–water partition coefficient (Wildman–Crippen LogP) is 0.345. The van der Waals surface area contributed by atoms with E-state index >= 15 is 0 Å². The number of ether oxygens (including phenoxy) is 3. The Kier molecular flexibility index (Phi) is 4.20. The first-order valence-corrected chi connectivity index (χ1v) is 9.49. The first kappa shape index (κ1) is 18.9. The molecule has 5 rings (SSSR count). The Labute approximate surface area is 170 Å². The number of carbonyl (C=O) groups is 1. The van der Waals surface area contributed by atoms with Gasteiger partial charge in [0, 0.05) is 13.2 Å². The van der Waals surface area contributed by atoms with Crippen LogP contribution >= 0.6 is 0 Å². The highest BCUT2D eigenvalue weighted by molar-refractivity contribution is 5.81. The van der Waals surface area contributed by atoms with Crippen LogP contribution in [-0.4, -0.2) is 61.6 Å². The zero-order valence-electron chi connectivity index (χ0n) is 16.5. The summed E-state index contributed by atoms with van der Waals surface area (Å²) in [5.41, 5.74) is 0.561. The van der Waals surface area contributed by atoms with Crippen molar-refractivity contribution in [2.75, 3.05) is 7.05 Å². The van der Waals surface area contributed by atoms with Gasteiger partial charge in [0.25, 0.3) is 11.5 Å². The van der Waals surface area contributed by atoms with Gasteiger partial charge < -0.3 is 24.5 Å². The summed E-state index contributed by atoms with van der Waals surface area (Å²) < 4.78 is 19.6. The molecule has 11 nitrogen and oxygen atoms in total. The molecule has 11 heteroatoms. The van der Waals surface area contributed by atoms with E-state index in [0.717, 1.165) is 0 Å². The SMILES string of the molecule is CNC(=O)[C@H]1OC(n2cnc3c(=O)[nH]c(-c4ccccn4)nc32)[C@@H]2OC(C)(C)O[C@H]12. The van der Waals surface area contributed by atoms with Crippen LogP contribution in [0.5, 0.6) is 0 Å². The number of nitrogens with one attached hydrogen (secondary N) is 2. The Balaban J connectivity index is 1.61. The summed E-state index contributed by atoms with van der Waals surface area (Å²) in [4.78, 5) is 40.6. The van der Waals surface area contributed by atoms with E-state index in [0.29, 0.717) is 17.2 Å². The first-order valence-electron chi connectivity index (χ1n) is 9.49. The molecule has 2 aliphatic rings. The van der Waals surface area contributed by atoms with Crippen molar-refractivity contribution in [1.29, 1.82) is 0 Å². The minimum absolute atomic E-state index is 0.149. The molecule has 0 aromatic carbocycles. The summed E-state index contributed by atoms with van der Waals surface area (Å²) in [5.74, 6) is -0.904. The fourth-order valence-corrected chi connectivity index (χ4v) is 3.89. The smallest absolute Gasteiger partial charge is 0.279 e. The Morgan fingerprint density at radius 2 is 2.03 bits per heavy atom. The Morgan fingerprint density at radius 3 is 2.77 bits per heavy atom. The number of amides is 1. The molecular formula is C19H20N6O5. The van der Waals surface area contributed by atoms with Crippen LogP contribution in [0.1, 0.15) is 20.1 Å². The van der Waals surface area contributed by atoms with Gasteiger partial charge in [0.05, 0.1) is 6.33 Å². The second kappa shape index (κ2) is 6.69. The van der Waals surface area contributed by atoms with Gasteiger partial charge in [-0.2, -0.15) is 0 Å². The number of hydrogen-bond acceptors (Lipinski definition) is 8. The molecule has 0 aliphatic carbocycles. The lowest BCUT2D eigenvalue weighted by atomic mass is 10.1. The number of aromatic nitrogens is 5. The van der Waals surface area contributed by atoms with E-state index in [1.54, 1.807) is 42.8 Å². The summed E-state index contributed by atoms with van der Waals surface area (Å²) in [6, 6.07) is 5.31. The molecule has 0 saturated carbocycles. The Bertz CT molecular complexity index is 1170. The second-order valence-corrected chi connectivity index (χ2v) is 7.58. The molecule has 0 spiro atoms. The lowest BCUT2D eigenvalue weighted by molar-refractivity contribution is -0.197. The van der Waals surface area contributed by atoms with E-state index in [1.807, 2.05) is 0 Å². The van der Waals surface area contributed by atoms with Gasteiger partial charge in [0.1, 0.15) is 17.9 Å². The third-order valence-electron chi connectivity index (χ3n) is 5.15. The molecule has 156 valence electrons. The standard InChI is InChI=1S/C19H20N6O5/c1-19(2)29-11-12(17(27)20-3)28-18(13(11)30-19)25-8-22-10-15(25)23-14(24-16(10)26)9-6-4-5-7-21-9/h4-8,11-13,18H,1-3H3,(H,20,27)(H,23,24,26)/t11-,12+,13-,18?/m1/s1. The van der Waals surface area contributed by atoms with E-state index in [1.165, 1.54) is 13.4 Å². The number of hydrogen-bond donors (Lipinski definition) is 2. The van der Waals surface area contributed by atoms with E-state index in [4.69, 9.17) is 14.2 Å². The molecule has 1 unspecified atom stereocenters. The number of H-pyrrole nitrogens is 1. The van der Waals surface area contributed by atoms with Crippen LogP contribution in [0.4, 0.5) is 0 Å². The maximum Gasteiger partial charge on any atom is 0.279 e. The van der Waals surface area contributed by atoms with Crippen LogP contribution < -0.4 is 10.9 Å². The highest BCUT2D eigenvalue weighted by Gasteiger charge is 2.58. The topological polar surface area (TPSA) is 133 Å². The van der Waals surface area contributed by atoms with Crippen molar-refractivity contribution in [2.45, 2.75) is 44.2 Å². The Hall–Kier alpha value is -3.15. The van der Waals surface area contributed by atoms with E-state index in [-0.39, 0.29) is 11.4 Å². The van der Waals surface area contributed by atoms with Gasteiger partial charge in [-0.25, -0.2) is 9.97 Å². The lowest BCUT2D eigenvalue weighted by Crippen LogP contribution is -2.41. The molecule has 3 aromatic rings. The van der Waals surface area contributed by atoms with Gasteiger partial charge in [-0.3, -0.25) is 19.1 Å². The summed E-state index contributed by atoms with van der Waals surface area (Å²) in [5, 5.41) is 2.59. The monoisotopic (exact) mass is 412 g/mol. The number of rotatable bonds is 3. The minimum Gasteiger partial charge on any atom is -0.357 e. The van der Waals surface area contributed by atoms with Crippen LogP contribution in [0.25, 0.3) is 22.7 Å². The lowest BCUT2D eigenvalue weighted by Gasteiger charge is -2.24. The molecule has 2 N–H and O–H groups in total. The first-order chi connectivity index (χ1) is 14.4. The highest BCUT2D eigenvalue weighted by Crippen LogP contribution is 2.43. The van der Waals surface area contributed by atoms with E-state index < -0.39 is 35.9 Å². The van der Waals surface area contributed by atoms with Gasteiger partial charge >= 0.3 is 0 Å². The normalized spacial score (nSPS) is 27.3. The predicted molar refractivity (Wildman–Crippen MR) is 103 cm³/mol. The van der Waals surface area contributed by atoms with Gasteiger partial charge in [0.15, 0.2) is 35.1 Å². The van der Waals surface area contributed by atoms with Crippen LogP contribution in [0.15, 0.2) is 35.5 Å². The van der Waals surface area contributed by atoms with Gasteiger partial charge in [-0.1, -0.05) is 6.07 Å². The number of nitrogens with zero attached hydrogens (tertiary/aromatic N) is 4. The van der Waals surface area contributed by atoms with Crippen molar-refractivity contribution in [3.05, 3.63) is 41.1 Å². The number of likely N-dealkylation sites (N-methyl/N-ethyl adjacent to an activating group) is 1. The number of carbonyl (C=O) groups excluding carboxylic acids is 1. The van der Waals surface area contributed by atoms with E-state index in [2.05, 4.69) is 25.3 Å². The van der Waals surface area contributed by atoms with Gasteiger partial charge in [-0.15, -0.1) is 0 Å². The Morgan fingerprint density at radius 1 is 1.23 bits per heavy atom. The number of pyridine rings is 1. The molecular weight excluding hydrogens is 392 g/mol. The van der Waals surface area contributed by atoms with Crippen molar-refractivity contribution < 1.29 is 19.0 Å². The zero-order valence-corrected chi connectivity index (χ0v) is 16.5. The van der Waals surface area contributed by atoms with Crippen molar-refractivity contribution in [2.24, 2.45) is 0 Å². The molecule has 2 saturated heterocycles. The number of aromatic amines is 1. The summed E-state index contributed by atoms with van der Waals surface area (Å²) in [7, 11) is 1.53. The van der Waals surface area contributed by atoms with Crippen LogP contribution in [-0.2, 0) is 19.0 Å². The fourth-order valence-electron chi connectivity index (χ4n) is 3.89. The summed E-state index contributed by atoms with van der Waals surface area (Å²) in [6.07, 6.45) is 0.245. The molecule has 1 amide bonds. The molecule has 0 bridgehead atoms. The van der Waals surface area contributed by atoms with Crippen LogP contribution in [0.3, 0.4) is 0 Å². The number of imidazole rings is 1. The number of fused-ring (bicyclic) bond motifs is 2. The third-order valence-corrected chi connectivity index (χ3v) is 5.15. The quantitative estimate of drug-likeness (QED) is 0.629. The van der Waals surface area contributed by atoms with Gasteiger partial charge in [-0.05, 0) is 26.0 Å². The second-order valence-electron chi connectivity index (χ2n) is 7.58. The maximum atomic E-state index is 12.6. The van der Waals surface area contributed by atoms with Crippen molar-refractivity contribution in [3.63, 3.8) is 0 Å². The minimum atomic E-state index is -0.885. The maximum absolute atomic E-state index is 12.6. The highest BCUT2D eigenvalue weighted by atomic mass is 16.8. The third kappa shape index (κ3) is 2.90. The average molecular weight is 412 g/mol. The van der Waals surface area contributed by atoms with Crippen molar-refractivity contribution in [3.8, 4) is 11.5 Å². The van der Waals surface area contributed by atoms with Crippen molar-refractivity contribution >= 4 is 17.1 Å². The molecule has 2 fully saturated rings. The molecule has 30 heavy (non-hydrogen) atoms. The van der Waals surface area contributed by atoms with Crippen LogP contribution in [0, 0.1) is 0 Å². The molecule has 4 atom stereocenters. The summed E-state index contributed by atoms with van der Waals surface area (Å²) in [6.45, 7) is 3.55. The zero-order chi connectivity index (χ0) is 21.0. The molecule has 2 aliphatic heterocycles. The molecule has 0 radical (unpaired) electrons.